The molecule has 2 N–H and O–H groups in total. The zero-order valence-electron chi connectivity index (χ0n) is 10.0. The minimum atomic E-state index is 0.0596. The van der Waals surface area contributed by atoms with Crippen molar-refractivity contribution in [1.82, 2.24) is 14.3 Å². The van der Waals surface area contributed by atoms with Crippen LogP contribution in [0.15, 0.2) is 24.4 Å². The molecule has 0 saturated carbocycles. The summed E-state index contributed by atoms with van der Waals surface area (Å²) in [5.41, 5.74) is 9.30. The van der Waals surface area contributed by atoms with Gasteiger partial charge in [0.1, 0.15) is 0 Å². The van der Waals surface area contributed by atoms with Gasteiger partial charge >= 0.3 is 0 Å². The molecule has 16 heavy (non-hydrogen) atoms. The Labute approximate surface area is 95.7 Å². The number of aryl methyl sites for hydroxylation is 2. The van der Waals surface area contributed by atoms with Crippen LogP contribution in [0, 0.1) is 6.92 Å². The molecule has 0 spiro atoms. The first-order chi connectivity index (χ1) is 7.58. The molecular formula is C12H18N4. The Morgan fingerprint density at radius 2 is 2.25 bits per heavy atom. The molecule has 0 aromatic carbocycles. The van der Waals surface area contributed by atoms with Gasteiger partial charge in [0.25, 0.3) is 0 Å². The second-order valence-electron chi connectivity index (χ2n) is 4.25. The Kier molecular flexibility index (Phi) is 2.83. The maximum absolute atomic E-state index is 5.91. The molecule has 1 unspecified atom stereocenters. The predicted octanol–water partition coefficient (Wildman–Crippen LogP) is 1.60. The van der Waals surface area contributed by atoms with E-state index in [9.17, 15) is 0 Å². The van der Waals surface area contributed by atoms with Crippen LogP contribution in [0.3, 0.4) is 0 Å². The molecule has 4 nitrogen and oxygen atoms in total. The number of aromatic nitrogens is 3. The first-order valence-electron chi connectivity index (χ1n) is 5.48. The van der Waals surface area contributed by atoms with Crippen molar-refractivity contribution in [2.24, 2.45) is 12.8 Å². The van der Waals surface area contributed by atoms with Crippen LogP contribution in [0.4, 0.5) is 0 Å². The predicted molar refractivity (Wildman–Crippen MR) is 64.1 cm³/mol. The number of hydrogen-bond acceptors (Lipinski definition) is 2. The highest BCUT2D eigenvalue weighted by Gasteiger charge is 2.08. The zero-order chi connectivity index (χ0) is 11.7. The molecule has 0 amide bonds. The Bertz CT molecular complexity index is 479. The lowest BCUT2D eigenvalue weighted by molar-refractivity contribution is 0.626. The van der Waals surface area contributed by atoms with Gasteiger partial charge in [0, 0.05) is 25.0 Å². The molecule has 2 aromatic rings. The van der Waals surface area contributed by atoms with Gasteiger partial charge in [0.2, 0.25) is 0 Å². The van der Waals surface area contributed by atoms with Gasteiger partial charge in [-0.05, 0) is 32.0 Å². The van der Waals surface area contributed by atoms with Gasteiger partial charge in [-0.15, -0.1) is 0 Å². The van der Waals surface area contributed by atoms with Gasteiger partial charge in [-0.3, -0.25) is 4.68 Å². The molecule has 0 fully saturated rings. The summed E-state index contributed by atoms with van der Waals surface area (Å²) in [6.07, 6.45) is 2.06. The van der Waals surface area contributed by atoms with E-state index in [1.807, 2.05) is 31.6 Å². The molecular weight excluding hydrogens is 200 g/mol. The molecule has 0 radical (unpaired) electrons. The Morgan fingerprint density at radius 1 is 1.50 bits per heavy atom. The summed E-state index contributed by atoms with van der Waals surface area (Å²) >= 11 is 0. The molecule has 0 aliphatic rings. The molecule has 0 aliphatic heterocycles. The van der Waals surface area contributed by atoms with Gasteiger partial charge in [-0.25, -0.2) is 0 Å². The van der Waals surface area contributed by atoms with E-state index in [-0.39, 0.29) is 6.04 Å². The van der Waals surface area contributed by atoms with Gasteiger partial charge in [-0.2, -0.15) is 5.10 Å². The Morgan fingerprint density at radius 3 is 2.81 bits per heavy atom. The lowest BCUT2D eigenvalue weighted by atomic mass is 10.2. The Balaban J connectivity index is 2.27. The van der Waals surface area contributed by atoms with Gasteiger partial charge in [0.05, 0.1) is 17.9 Å². The van der Waals surface area contributed by atoms with E-state index in [0.29, 0.717) is 0 Å². The van der Waals surface area contributed by atoms with Gasteiger partial charge in [0.15, 0.2) is 0 Å². The second kappa shape index (κ2) is 4.14. The molecule has 0 bridgehead atoms. The standard InChI is InChI=1S/C12H18N4/c1-9-7-11(15(3)14-9)8-16-6-4-5-12(16)10(2)13/h4-7,10H,8,13H2,1-3H3. The number of nitrogens with zero attached hydrogens (tertiary/aromatic N) is 3. The van der Waals surface area contributed by atoms with Crippen LogP contribution in [-0.2, 0) is 13.6 Å². The van der Waals surface area contributed by atoms with Crippen molar-refractivity contribution in [1.29, 1.82) is 0 Å². The third kappa shape index (κ3) is 2.02. The van der Waals surface area contributed by atoms with Crippen molar-refractivity contribution in [3.8, 4) is 0 Å². The molecule has 4 heteroatoms. The molecule has 2 aromatic heterocycles. The quantitative estimate of drug-likeness (QED) is 0.850. The van der Waals surface area contributed by atoms with Gasteiger partial charge < -0.3 is 10.3 Å². The van der Waals surface area contributed by atoms with E-state index >= 15 is 0 Å². The van der Waals surface area contributed by atoms with E-state index in [4.69, 9.17) is 5.73 Å². The summed E-state index contributed by atoms with van der Waals surface area (Å²) in [5.74, 6) is 0. The lowest BCUT2D eigenvalue weighted by Gasteiger charge is -2.11. The number of rotatable bonds is 3. The smallest absolute Gasteiger partial charge is 0.0642 e. The fourth-order valence-electron chi connectivity index (χ4n) is 1.97. The van der Waals surface area contributed by atoms with Crippen LogP contribution in [-0.4, -0.2) is 14.3 Å². The SMILES string of the molecule is Cc1cc(Cn2cccc2C(C)N)n(C)n1. The minimum absolute atomic E-state index is 0.0596. The summed E-state index contributed by atoms with van der Waals surface area (Å²) in [6, 6.07) is 6.25. The fourth-order valence-corrected chi connectivity index (χ4v) is 1.97. The van der Waals surface area contributed by atoms with Crippen molar-refractivity contribution in [2.45, 2.75) is 26.4 Å². The van der Waals surface area contributed by atoms with Crippen LogP contribution in [0.25, 0.3) is 0 Å². The minimum Gasteiger partial charge on any atom is -0.344 e. The number of hydrogen-bond donors (Lipinski definition) is 1. The third-order valence-electron chi connectivity index (χ3n) is 2.76. The molecule has 2 heterocycles. The molecule has 2 rings (SSSR count). The lowest BCUT2D eigenvalue weighted by Crippen LogP contribution is -2.13. The van der Waals surface area contributed by atoms with Crippen molar-refractivity contribution >= 4 is 0 Å². The summed E-state index contributed by atoms with van der Waals surface area (Å²) in [7, 11) is 1.97. The fraction of sp³-hybridized carbons (Fsp3) is 0.417. The largest absolute Gasteiger partial charge is 0.344 e. The number of nitrogens with two attached hydrogens (primary N) is 1. The summed E-state index contributed by atoms with van der Waals surface area (Å²) < 4.78 is 4.08. The average molecular weight is 218 g/mol. The summed E-state index contributed by atoms with van der Waals surface area (Å²) in [6.45, 7) is 4.83. The van der Waals surface area contributed by atoms with Crippen molar-refractivity contribution in [3.63, 3.8) is 0 Å². The third-order valence-corrected chi connectivity index (χ3v) is 2.76. The monoisotopic (exact) mass is 218 g/mol. The molecule has 0 saturated heterocycles. The normalized spacial score (nSPS) is 13.0. The molecule has 1 atom stereocenters. The van der Waals surface area contributed by atoms with Crippen molar-refractivity contribution in [3.05, 3.63) is 41.5 Å². The highest BCUT2D eigenvalue weighted by Crippen LogP contribution is 2.13. The summed E-state index contributed by atoms with van der Waals surface area (Å²) in [4.78, 5) is 0. The van der Waals surface area contributed by atoms with Crippen molar-refractivity contribution in [2.75, 3.05) is 0 Å². The maximum Gasteiger partial charge on any atom is 0.0642 e. The highest BCUT2D eigenvalue weighted by atomic mass is 15.3. The second-order valence-corrected chi connectivity index (χ2v) is 4.25. The van der Waals surface area contributed by atoms with Crippen molar-refractivity contribution < 1.29 is 0 Å². The Hall–Kier alpha value is -1.55. The van der Waals surface area contributed by atoms with Crippen LogP contribution < -0.4 is 5.73 Å². The summed E-state index contributed by atoms with van der Waals surface area (Å²) in [5, 5.41) is 4.34. The highest BCUT2D eigenvalue weighted by molar-refractivity contribution is 5.15. The van der Waals surface area contributed by atoms with E-state index < -0.39 is 0 Å². The van der Waals surface area contributed by atoms with Crippen LogP contribution >= 0.6 is 0 Å². The molecule has 0 aliphatic carbocycles. The van der Waals surface area contributed by atoms with Crippen LogP contribution in [0.5, 0.6) is 0 Å². The van der Waals surface area contributed by atoms with E-state index in [1.54, 1.807) is 0 Å². The first kappa shape index (κ1) is 11.0. The van der Waals surface area contributed by atoms with E-state index in [2.05, 4.69) is 28.0 Å². The molecule has 86 valence electrons. The van der Waals surface area contributed by atoms with E-state index in [1.165, 1.54) is 5.69 Å². The first-order valence-corrected chi connectivity index (χ1v) is 5.48. The van der Waals surface area contributed by atoms with Gasteiger partial charge in [-0.1, -0.05) is 0 Å². The average Bonchev–Trinajstić information content (AvgIpc) is 2.75. The van der Waals surface area contributed by atoms with Crippen LogP contribution in [0.1, 0.15) is 30.0 Å². The van der Waals surface area contributed by atoms with Crippen LogP contribution in [0.2, 0.25) is 0 Å². The topological polar surface area (TPSA) is 48.8 Å². The van der Waals surface area contributed by atoms with E-state index in [0.717, 1.165) is 17.9 Å². The maximum atomic E-state index is 5.91. The zero-order valence-corrected chi connectivity index (χ0v) is 10.0.